The lowest BCUT2D eigenvalue weighted by atomic mass is 9.49. The molecule has 154 valence electrons. The van der Waals surface area contributed by atoms with E-state index in [0.717, 1.165) is 37.7 Å². The zero-order valence-corrected chi connectivity index (χ0v) is 18.2. The second kappa shape index (κ2) is 7.53. The van der Waals surface area contributed by atoms with Gasteiger partial charge in [0.15, 0.2) is 0 Å². The van der Waals surface area contributed by atoms with Crippen molar-refractivity contribution < 1.29 is 14.7 Å². The number of hydrogen-bond donors (Lipinski definition) is 1. The number of aliphatic carboxylic acids is 1. The summed E-state index contributed by atoms with van der Waals surface area (Å²) >= 11 is 0. The van der Waals surface area contributed by atoms with E-state index in [1.807, 2.05) is 27.0 Å². The number of rotatable bonds is 5. The summed E-state index contributed by atoms with van der Waals surface area (Å²) in [6.45, 7) is 12.6. The molecule has 0 saturated heterocycles. The minimum Gasteiger partial charge on any atom is -0.481 e. The van der Waals surface area contributed by atoms with Crippen LogP contribution in [0, 0.1) is 11.3 Å². The molecular formula is C24H35NO3. The van der Waals surface area contributed by atoms with E-state index in [0.29, 0.717) is 5.92 Å². The van der Waals surface area contributed by atoms with E-state index in [-0.39, 0.29) is 17.4 Å². The first-order valence-electron chi connectivity index (χ1n) is 10.7. The monoisotopic (exact) mass is 385 g/mol. The summed E-state index contributed by atoms with van der Waals surface area (Å²) in [7, 11) is 0. The standard InChI is InChI=1S/C24H35NO3/c1-15(2)19-12-17-8-9-21-23(5,10-7-11-24(21,6)22(26)27)20(17)13-18(19)14-25-28-16(3)4/h12-16,21H,7-11H2,1-6H3,(H,26,27)/b25-14+/t21?,23-,24-/m1/s1. The number of carboxylic acids is 1. The first-order chi connectivity index (χ1) is 13.1. The van der Waals surface area contributed by atoms with Gasteiger partial charge in [-0.2, -0.15) is 0 Å². The third-order valence-corrected chi connectivity index (χ3v) is 7.13. The number of hydrogen-bond acceptors (Lipinski definition) is 3. The average molecular weight is 386 g/mol. The third-order valence-electron chi connectivity index (χ3n) is 7.13. The quantitative estimate of drug-likeness (QED) is 0.525. The Labute approximate surface area is 169 Å². The van der Waals surface area contributed by atoms with Gasteiger partial charge in [-0.25, -0.2) is 0 Å². The molecule has 1 aromatic carbocycles. The highest BCUT2D eigenvalue weighted by Crippen LogP contribution is 2.57. The smallest absolute Gasteiger partial charge is 0.309 e. The first-order valence-corrected chi connectivity index (χ1v) is 10.7. The average Bonchev–Trinajstić information content (AvgIpc) is 2.60. The largest absolute Gasteiger partial charge is 0.481 e. The number of oxime groups is 1. The zero-order valence-electron chi connectivity index (χ0n) is 18.2. The van der Waals surface area contributed by atoms with Gasteiger partial charge in [-0.15, -0.1) is 0 Å². The molecule has 3 atom stereocenters. The molecule has 2 aliphatic carbocycles. The molecule has 1 unspecified atom stereocenters. The molecule has 0 amide bonds. The molecule has 1 saturated carbocycles. The molecule has 1 aromatic rings. The van der Waals surface area contributed by atoms with Crippen molar-refractivity contribution in [2.75, 3.05) is 0 Å². The van der Waals surface area contributed by atoms with Gasteiger partial charge in [0.1, 0.15) is 6.10 Å². The van der Waals surface area contributed by atoms with Crippen LogP contribution in [0.5, 0.6) is 0 Å². The van der Waals surface area contributed by atoms with Gasteiger partial charge in [0, 0.05) is 0 Å². The van der Waals surface area contributed by atoms with Crippen LogP contribution in [0.3, 0.4) is 0 Å². The minimum absolute atomic E-state index is 0.0490. The van der Waals surface area contributed by atoms with Gasteiger partial charge in [0.25, 0.3) is 0 Å². The van der Waals surface area contributed by atoms with Gasteiger partial charge >= 0.3 is 5.97 Å². The SMILES string of the molecule is CC(C)O/N=C/c1cc2c(cc1C(C)C)CCC1[C@](C)(C(=O)O)CCC[C@]21C. The Morgan fingerprint density at radius 2 is 1.96 bits per heavy atom. The van der Waals surface area contributed by atoms with Crippen molar-refractivity contribution in [1.82, 2.24) is 0 Å². The molecule has 0 radical (unpaired) electrons. The fraction of sp³-hybridized carbons (Fsp3) is 0.667. The van der Waals surface area contributed by atoms with Gasteiger partial charge < -0.3 is 9.94 Å². The number of carboxylic acid groups (broad SMARTS) is 1. The van der Waals surface area contributed by atoms with Crippen molar-refractivity contribution in [1.29, 1.82) is 0 Å². The van der Waals surface area contributed by atoms with Gasteiger partial charge in [-0.1, -0.05) is 38.4 Å². The maximum absolute atomic E-state index is 12.2. The predicted molar refractivity (Wildman–Crippen MR) is 113 cm³/mol. The molecule has 0 spiro atoms. The van der Waals surface area contributed by atoms with E-state index in [2.05, 4.69) is 38.1 Å². The molecule has 0 bridgehead atoms. The van der Waals surface area contributed by atoms with Gasteiger partial charge in [0.2, 0.25) is 0 Å². The van der Waals surface area contributed by atoms with Gasteiger partial charge in [-0.3, -0.25) is 4.79 Å². The Morgan fingerprint density at radius 3 is 2.57 bits per heavy atom. The lowest BCUT2D eigenvalue weighted by Gasteiger charge is -2.53. The van der Waals surface area contributed by atoms with Crippen molar-refractivity contribution >= 4 is 12.2 Å². The van der Waals surface area contributed by atoms with Crippen LogP contribution < -0.4 is 0 Å². The van der Waals surface area contributed by atoms with Crippen molar-refractivity contribution in [2.24, 2.45) is 16.5 Å². The van der Waals surface area contributed by atoms with Crippen LogP contribution in [-0.4, -0.2) is 23.4 Å². The number of fused-ring (bicyclic) bond motifs is 3. The molecule has 4 nitrogen and oxygen atoms in total. The summed E-state index contributed by atoms with van der Waals surface area (Å²) in [5.41, 5.74) is 4.35. The fourth-order valence-electron chi connectivity index (χ4n) is 5.63. The van der Waals surface area contributed by atoms with Gasteiger partial charge in [-0.05, 0) is 92.0 Å². The summed E-state index contributed by atoms with van der Waals surface area (Å²) in [4.78, 5) is 17.6. The van der Waals surface area contributed by atoms with Crippen LogP contribution in [-0.2, 0) is 21.5 Å². The van der Waals surface area contributed by atoms with E-state index in [9.17, 15) is 9.90 Å². The zero-order chi connectivity index (χ0) is 20.7. The van der Waals surface area contributed by atoms with E-state index in [4.69, 9.17) is 4.84 Å². The van der Waals surface area contributed by atoms with Crippen LogP contribution in [0.15, 0.2) is 17.3 Å². The van der Waals surface area contributed by atoms with Crippen molar-refractivity contribution in [2.45, 2.75) is 91.1 Å². The highest BCUT2D eigenvalue weighted by Gasteiger charge is 2.55. The maximum atomic E-state index is 12.2. The van der Waals surface area contributed by atoms with E-state index in [1.165, 1.54) is 16.7 Å². The normalized spacial score (nSPS) is 29.8. The molecule has 0 heterocycles. The Kier molecular flexibility index (Phi) is 5.62. The fourth-order valence-corrected chi connectivity index (χ4v) is 5.63. The van der Waals surface area contributed by atoms with Crippen LogP contribution in [0.1, 0.15) is 95.4 Å². The summed E-state index contributed by atoms with van der Waals surface area (Å²) in [6.07, 6.45) is 6.58. The molecule has 0 aliphatic heterocycles. The van der Waals surface area contributed by atoms with E-state index < -0.39 is 11.4 Å². The van der Waals surface area contributed by atoms with Crippen LogP contribution in [0.25, 0.3) is 0 Å². The number of aryl methyl sites for hydroxylation is 1. The lowest BCUT2D eigenvalue weighted by molar-refractivity contribution is -0.157. The Balaban J connectivity index is 2.10. The molecule has 3 rings (SSSR count). The second-order valence-corrected chi connectivity index (χ2v) is 9.77. The minimum atomic E-state index is -0.642. The molecule has 4 heteroatoms. The topological polar surface area (TPSA) is 58.9 Å². The highest BCUT2D eigenvalue weighted by atomic mass is 16.6. The summed E-state index contributed by atoms with van der Waals surface area (Å²) < 4.78 is 0. The van der Waals surface area contributed by atoms with Crippen molar-refractivity contribution in [3.63, 3.8) is 0 Å². The summed E-state index contributed by atoms with van der Waals surface area (Å²) in [6, 6.07) is 4.61. The summed E-state index contributed by atoms with van der Waals surface area (Å²) in [5, 5.41) is 14.2. The predicted octanol–water partition coefficient (Wildman–Crippen LogP) is 5.66. The molecule has 28 heavy (non-hydrogen) atoms. The first kappa shape index (κ1) is 20.9. The second-order valence-electron chi connectivity index (χ2n) is 9.77. The van der Waals surface area contributed by atoms with Crippen molar-refractivity contribution in [3.8, 4) is 0 Å². The lowest BCUT2D eigenvalue weighted by Crippen LogP contribution is -2.52. The number of carbonyl (C=O) groups is 1. The molecule has 1 fully saturated rings. The number of nitrogens with zero attached hydrogens (tertiary/aromatic N) is 1. The van der Waals surface area contributed by atoms with E-state index in [1.54, 1.807) is 0 Å². The Hall–Kier alpha value is -1.84. The highest BCUT2D eigenvalue weighted by molar-refractivity contribution is 5.83. The number of benzene rings is 1. The van der Waals surface area contributed by atoms with Crippen LogP contribution >= 0.6 is 0 Å². The van der Waals surface area contributed by atoms with Crippen LogP contribution in [0.2, 0.25) is 0 Å². The molecular weight excluding hydrogens is 350 g/mol. The van der Waals surface area contributed by atoms with Gasteiger partial charge in [0.05, 0.1) is 11.6 Å². The third kappa shape index (κ3) is 3.46. The summed E-state index contributed by atoms with van der Waals surface area (Å²) in [5.74, 6) is -0.0786. The Morgan fingerprint density at radius 1 is 1.25 bits per heavy atom. The maximum Gasteiger partial charge on any atom is 0.309 e. The molecule has 1 N–H and O–H groups in total. The van der Waals surface area contributed by atoms with Crippen molar-refractivity contribution in [3.05, 3.63) is 34.4 Å². The van der Waals surface area contributed by atoms with Crippen LogP contribution in [0.4, 0.5) is 0 Å². The van der Waals surface area contributed by atoms with E-state index >= 15 is 0 Å². The molecule has 2 aliphatic rings. The Bertz CT molecular complexity index is 782. The molecule has 0 aromatic heterocycles.